The van der Waals surface area contributed by atoms with E-state index in [1.807, 2.05) is 37.3 Å². The van der Waals surface area contributed by atoms with E-state index in [-0.39, 0.29) is 10.6 Å². The van der Waals surface area contributed by atoms with E-state index in [9.17, 15) is 10.1 Å². The Labute approximate surface area is 119 Å². The van der Waals surface area contributed by atoms with E-state index in [0.29, 0.717) is 12.2 Å². The molecule has 0 spiro atoms. The third-order valence-electron chi connectivity index (χ3n) is 2.81. The number of anilines is 1. The molecule has 0 saturated heterocycles. The van der Waals surface area contributed by atoms with E-state index in [1.54, 1.807) is 6.07 Å². The predicted molar refractivity (Wildman–Crippen MR) is 79.3 cm³/mol. The number of rotatable bonds is 4. The molecule has 0 fully saturated rings. The molecule has 1 N–H and O–H groups in total. The summed E-state index contributed by atoms with van der Waals surface area (Å²) in [6.07, 6.45) is 0. The molecule has 0 heterocycles. The summed E-state index contributed by atoms with van der Waals surface area (Å²) < 4.78 is 0.992. The first-order chi connectivity index (χ1) is 9.08. The topological polar surface area (TPSA) is 55.2 Å². The number of nitro groups is 1. The molecule has 0 aliphatic rings. The van der Waals surface area contributed by atoms with Gasteiger partial charge in [0, 0.05) is 17.1 Å². The smallest absolute Gasteiger partial charge is 0.292 e. The highest BCUT2D eigenvalue weighted by Crippen LogP contribution is 2.28. The molecule has 4 nitrogen and oxygen atoms in total. The average Bonchev–Trinajstić information content (AvgIpc) is 2.37. The summed E-state index contributed by atoms with van der Waals surface area (Å²) in [5.41, 5.74) is 2.61. The first-order valence-electron chi connectivity index (χ1n) is 5.80. The van der Waals surface area contributed by atoms with Crippen LogP contribution in [0.1, 0.15) is 11.1 Å². The summed E-state index contributed by atoms with van der Waals surface area (Å²) >= 11 is 3.40. The van der Waals surface area contributed by atoms with Crippen LogP contribution in [0.4, 0.5) is 11.4 Å². The highest BCUT2D eigenvalue weighted by Gasteiger charge is 2.14. The zero-order valence-corrected chi connectivity index (χ0v) is 12.0. The van der Waals surface area contributed by atoms with Crippen molar-refractivity contribution in [1.82, 2.24) is 0 Å². The number of halogens is 1. The van der Waals surface area contributed by atoms with Gasteiger partial charge in [0.05, 0.1) is 4.92 Å². The Morgan fingerprint density at radius 2 is 2.00 bits per heavy atom. The van der Waals surface area contributed by atoms with Gasteiger partial charge in [-0.25, -0.2) is 0 Å². The Bertz CT molecular complexity index is 614. The van der Waals surface area contributed by atoms with Gasteiger partial charge in [-0.3, -0.25) is 10.1 Å². The van der Waals surface area contributed by atoms with Crippen molar-refractivity contribution in [1.29, 1.82) is 0 Å². The zero-order chi connectivity index (χ0) is 13.8. The number of benzene rings is 2. The quantitative estimate of drug-likeness (QED) is 0.675. The molecule has 0 saturated carbocycles. The minimum absolute atomic E-state index is 0.106. The fourth-order valence-corrected chi connectivity index (χ4v) is 2.32. The third kappa shape index (κ3) is 3.32. The van der Waals surface area contributed by atoms with Crippen molar-refractivity contribution in [2.24, 2.45) is 0 Å². The van der Waals surface area contributed by atoms with Crippen molar-refractivity contribution in [2.45, 2.75) is 13.5 Å². The Morgan fingerprint density at radius 3 is 2.68 bits per heavy atom. The molecule has 0 bridgehead atoms. The summed E-state index contributed by atoms with van der Waals surface area (Å²) in [5, 5.41) is 14.1. The molecule has 19 heavy (non-hydrogen) atoms. The summed E-state index contributed by atoms with van der Waals surface area (Å²) in [5.74, 6) is 0. The van der Waals surface area contributed by atoms with Crippen molar-refractivity contribution in [2.75, 3.05) is 5.32 Å². The van der Waals surface area contributed by atoms with E-state index < -0.39 is 0 Å². The molecule has 0 amide bonds. The van der Waals surface area contributed by atoms with Crippen molar-refractivity contribution < 1.29 is 4.92 Å². The minimum Gasteiger partial charge on any atom is -0.375 e. The maximum absolute atomic E-state index is 11.0. The molecule has 2 aromatic carbocycles. The number of aryl methyl sites for hydroxylation is 1. The maximum Gasteiger partial charge on any atom is 0.292 e. The van der Waals surface area contributed by atoms with Gasteiger partial charge in [-0.2, -0.15) is 0 Å². The van der Waals surface area contributed by atoms with Crippen LogP contribution in [0.3, 0.4) is 0 Å². The van der Waals surface area contributed by atoms with E-state index in [4.69, 9.17) is 0 Å². The fraction of sp³-hybridized carbons (Fsp3) is 0.143. The number of hydrogen-bond acceptors (Lipinski definition) is 3. The van der Waals surface area contributed by atoms with Crippen LogP contribution in [0.15, 0.2) is 46.9 Å². The van der Waals surface area contributed by atoms with Crippen molar-refractivity contribution in [3.05, 3.63) is 68.2 Å². The zero-order valence-electron chi connectivity index (χ0n) is 10.4. The standard InChI is InChI=1S/C14H13BrN2O2/c1-10-4-2-7-13(17(18)19)14(10)16-9-11-5-3-6-12(15)8-11/h2-8,16H,9H2,1H3. The van der Waals surface area contributed by atoms with Crippen molar-refractivity contribution in [3.63, 3.8) is 0 Å². The molecule has 0 aliphatic heterocycles. The Hall–Kier alpha value is -1.88. The first kappa shape index (κ1) is 13.5. The number of nitrogens with zero attached hydrogens (tertiary/aromatic N) is 1. The van der Waals surface area contributed by atoms with Gasteiger partial charge in [0.25, 0.3) is 5.69 Å². The van der Waals surface area contributed by atoms with Crippen LogP contribution >= 0.6 is 15.9 Å². The number of hydrogen-bond donors (Lipinski definition) is 1. The molecular formula is C14H13BrN2O2. The van der Waals surface area contributed by atoms with Gasteiger partial charge in [-0.1, -0.05) is 40.2 Å². The number of nitrogens with one attached hydrogen (secondary N) is 1. The maximum atomic E-state index is 11.0. The summed E-state index contributed by atoms with van der Waals surface area (Å²) in [7, 11) is 0. The molecular weight excluding hydrogens is 308 g/mol. The van der Waals surface area contributed by atoms with E-state index in [1.165, 1.54) is 6.07 Å². The molecule has 2 rings (SSSR count). The van der Waals surface area contributed by atoms with Gasteiger partial charge >= 0.3 is 0 Å². The van der Waals surface area contributed by atoms with Crippen LogP contribution in [0.25, 0.3) is 0 Å². The van der Waals surface area contributed by atoms with E-state index in [2.05, 4.69) is 21.2 Å². The SMILES string of the molecule is Cc1cccc([N+](=O)[O-])c1NCc1cccc(Br)c1. The second kappa shape index (κ2) is 5.84. The Balaban J connectivity index is 2.22. The molecule has 0 aromatic heterocycles. The summed E-state index contributed by atoms with van der Waals surface area (Å²) in [4.78, 5) is 10.6. The second-order valence-corrected chi connectivity index (χ2v) is 5.13. The van der Waals surface area contributed by atoms with Gasteiger partial charge in [0.15, 0.2) is 0 Å². The van der Waals surface area contributed by atoms with Crippen LogP contribution in [-0.4, -0.2) is 4.92 Å². The van der Waals surface area contributed by atoms with Gasteiger partial charge in [-0.05, 0) is 30.2 Å². The summed E-state index contributed by atoms with van der Waals surface area (Å²) in [6, 6.07) is 12.9. The molecule has 98 valence electrons. The highest BCUT2D eigenvalue weighted by molar-refractivity contribution is 9.10. The fourth-order valence-electron chi connectivity index (χ4n) is 1.87. The largest absolute Gasteiger partial charge is 0.375 e. The van der Waals surface area contributed by atoms with Crippen molar-refractivity contribution in [3.8, 4) is 0 Å². The van der Waals surface area contributed by atoms with E-state index in [0.717, 1.165) is 15.6 Å². The molecule has 0 aliphatic carbocycles. The van der Waals surface area contributed by atoms with Gasteiger partial charge in [0.2, 0.25) is 0 Å². The lowest BCUT2D eigenvalue weighted by molar-refractivity contribution is -0.384. The average molecular weight is 321 g/mol. The highest BCUT2D eigenvalue weighted by atomic mass is 79.9. The Kier molecular flexibility index (Phi) is 4.16. The van der Waals surface area contributed by atoms with Gasteiger partial charge in [0.1, 0.15) is 5.69 Å². The second-order valence-electron chi connectivity index (χ2n) is 4.21. The first-order valence-corrected chi connectivity index (χ1v) is 6.59. The van der Waals surface area contributed by atoms with Crippen LogP contribution in [-0.2, 0) is 6.54 Å². The lowest BCUT2D eigenvalue weighted by Crippen LogP contribution is -2.04. The van der Waals surface area contributed by atoms with Crippen molar-refractivity contribution >= 4 is 27.3 Å². The molecule has 5 heteroatoms. The molecule has 0 radical (unpaired) electrons. The van der Waals surface area contributed by atoms with Crippen LogP contribution < -0.4 is 5.32 Å². The number of nitro benzene ring substituents is 1. The van der Waals surface area contributed by atoms with E-state index >= 15 is 0 Å². The van der Waals surface area contributed by atoms with Crippen LogP contribution in [0, 0.1) is 17.0 Å². The molecule has 2 aromatic rings. The monoisotopic (exact) mass is 320 g/mol. The van der Waals surface area contributed by atoms with Crippen LogP contribution in [0.2, 0.25) is 0 Å². The number of para-hydroxylation sites is 1. The molecule has 0 unspecified atom stereocenters. The molecule has 0 atom stereocenters. The Morgan fingerprint density at radius 1 is 1.26 bits per heavy atom. The lowest BCUT2D eigenvalue weighted by atomic mass is 10.1. The predicted octanol–water partition coefficient (Wildman–Crippen LogP) is 4.28. The normalized spacial score (nSPS) is 10.2. The minimum atomic E-state index is -0.365. The lowest BCUT2D eigenvalue weighted by Gasteiger charge is -2.10. The van der Waals surface area contributed by atoms with Gasteiger partial charge in [-0.15, -0.1) is 0 Å². The van der Waals surface area contributed by atoms with Gasteiger partial charge < -0.3 is 5.32 Å². The van der Waals surface area contributed by atoms with Crippen LogP contribution in [0.5, 0.6) is 0 Å². The summed E-state index contributed by atoms with van der Waals surface area (Å²) in [6.45, 7) is 2.40. The third-order valence-corrected chi connectivity index (χ3v) is 3.30.